The first kappa shape index (κ1) is 14.3. The first-order valence-corrected chi connectivity index (χ1v) is 6.87. The highest BCUT2D eigenvalue weighted by molar-refractivity contribution is 6.34. The van der Waals surface area contributed by atoms with E-state index in [-0.39, 0.29) is 10.6 Å². The minimum absolute atomic E-state index is 0.0764. The van der Waals surface area contributed by atoms with Crippen LogP contribution < -0.4 is 5.32 Å². The molecule has 1 amide bonds. The highest BCUT2D eigenvalue weighted by atomic mass is 35.5. The van der Waals surface area contributed by atoms with Gasteiger partial charge in [0.25, 0.3) is 5.91 Å². The van der Waals surface area contributed by atoms with E-state index in [1.165, 1.54) is 18.2 Å². The summed E-state index contributed by atoms with van der Waals surface area (Å²) in [6, 6.07) is 11.2. The predicted octanol–water partition coefficient (Wildman–Crippen LogP) is 3.92. The summed E-state index contributed by atoms with van der Waals surface area (Å²) in [4.78, 5) is 16.1. The van der Waals surface area contributed by atoms with E-state index in [9.17, 15) is 9.18 Å². The van der Waals surface area contributed by atoms with Crippen LogP contribution in [0.25, 0.3) is 5.69 Å². The number of rotatable bonds is 3. The number of carbonyl (C=O) groups is 1. The van der Waals surface area contributed by atoms with Gasteiger partial charge in [0.2, 0.25) is 0 Å². The summed E-state index contributed by atoms with van der Waals surface area (Å²) in [6.45, 7) is 0. The van der Waals surface area contributed by atoms with Gasteiger partial charge in [0.05, 0.1) is 16.9 Å². The standard InChI is InChI=1S/C16H11ClFN3O/c17-13-2-1-3-14(18)15(13)16(22)20-11-4-6-12(7-5-11)21-9-8-19-10-21/h1-10H,(H,20,22). The van der Waals surface area contributed by atoms with E-state index in [1.54, 1.807) is 24.7 Å². The molecule has 22 heavy (non-hydrogen) atoms. The first-order chi connectivity index (χ1) is 10.6. The number of nitrogens with one attached hydrogen (secondary N) is 1. The van der Waals surface area contributed by atoms with Crippen molar-refractivity contribution >= 4 is 23.2 Å². The molecule has 0 fully saturated rings. The number of hydrogen-bond acceptors (Lipinski definition) is 2. The molecule has 4 nitrogen and oxygen atoms in total. The van der Waals surface area contributed by atoms with Gasteiger partial charge in [0.15, 0.2) is 0 Å². The van der Waals surface area contributed by atoms with Crippen LogP contribution in [0.15, 0.2) is 61.2 Å². The van der Waals surface area contributed by atoms with Gasteiger partial charge in [-0.05, 0) is 36.4 Å². The summed E-state index contributed by atoms with van der Waals surface area (Å²) in [5.41, 5.74) is 1.29. The molecule has 0 bridgehead atoms. The Hall–Kier alpha value is -2.66. The van der Waals surface area contributed by atoms with Gasteiger partial charge >= 0.3 is 0 Å². The lowest BCUT2D eigenvalue weighted by Crippen LogP contribution is -2.14. The Labute approximate surface area is 131 Å². The maximum Gasteiger partial charge on any atom is 0.260 e. The number of anilines is 1. The topological polar surface area (TPSA) is 46.9 Å². The Bertz CT molecular complexity index is 781. The molecule has 6 heteroatoms. The number of carbonyl (C=O) groups excluding carboxylic acids is 1. The molecule has 0 spiro atoms. The number of hydrogen-bond donors (Lipinski definition) is 1. The van der Waals surface area contributed by atoms with Gasteiger partial charge in [-0.25, -0.2) is 9.37 Å². The van der Waals surface area contributed by atoms with Gasteiger partial charge < -0.3 is 9.88 Å². The smallest absolute Gasteiger partial charge is 0.260 e. The highest BCUT2D eigenvalue weighted by Crippen LogP contribution is 2.21. The molecule has 1 N–H and O–H groups in total. The van der Waals surface area contributed by atoms with Crippen molar-refractivity contribution in [1.82, 2.24) is 9.55 Å². The Morgan fingerprint density at radius 2 is 1.95 bits per heavy atom. The Kier molecular flexibility index (Phi) is 3.89. The summed E-state index contributed by atoms with van der Waals surface area (Å²) in [5, 5.41) is 2.70. The van der Waals surface area contributed by atoms with Crippen LogP contribution in [-0.4, -0.2) is 15.5 Å². The van der Waals surface area contributed by atoms with Crippen molar-refractivity contribution in [3.63, 3.8) is 0 Å². The van der Waals surface area contributed by atoms with Crippen molar-refractivity contribution in [2.24, 2.45) is 0 Å². The lowest BCUT2D eigenvalue weighted by molar-refractivity contribution is 0.102. The molecule has 110 valence electrons. The molecule has 1 aromatic heterocycles. The molecule has 0 atom stereocenters. The molecule has 1 heterocycles. The molecule has 0 aliphatic rings. The van der Waals surface area contributed by atoms with Crippen LogP contribution in [0.3, 0.4) is 0 Å². The summed E-state index contributed by atoms with van der Waals surface area (Å²) in [5.74, 6) is -1.24. The summed E-state index contributed by atoms with van der Waals surface area (Å²) in [6.07, 6.45) is 5.16. The zero-order valence-electron chi connectivity index (χ0n) is 11.3. The van der Waals surface area contributed by atoms with Gasteiger partial charge in [0, 0.05) is 23.8 Å². The zero-order chi connectivity index (χ0) is 15.5. The lowest BCUT2D eigenvalue weighted by atomic mass is 10.2. The fraction of sp³-hybridized carbons (Fsp3) is 0. The SMILES string of the molecule is O=C(Nc1ccc(-n2ccnc2)cc1)c1c(F)cccc1Cl. The van der Waals surface area contributed by atoms with Crippen LogP contribution in [0, 0.1) is 5.82 Å². The zero-order valence-corrected chi connectivity index (χ0v) is 12.1. The van der Waals surface area contributed by atoms with Crippen molar-refractivity contribution in [2.75, 3.05) is 5.32 Å². The van der Waals surface area contributed by atoms with Crippen LogP contribution in [0.2, 0.25) is 5.02 Å². The monoisotopic (exact) mass is 315 g/mol. The van der Waals surface area contributed by atoms with E-state index >= 15 is 0 Å². The van der Waals surface area contributed by atoms with Gasteiger partial charge in [-0.2, -0.15) is 0 Å². The van der Waals surface area contributed by atoms with Crippen molar-refractivity contribution in [1.29, 1.82) is 0 Å². The third-order valence-electron chi connectivity index (χ3n) is 3.12. The van der Waals surface area contributed by atoms with Crippen molar-refractivity contribution in [2.45, 2.75) is 0 Å². The fourth-order valence-corrected chi connectivity index (χ4v) is 2.29. The molecule has 0 aliphatic heterocycles. The first-order valence-electron chi connectivity index (χ1n) is 6.49. The second kappa shape index (κ2) is 5.99. The van der Waals surface area contributed by atoms with E-state index in [4.69, 9.17) is 11.6 Å². The Morgan fingerprint density at radius 3 is 2.59 bits per heavy atom. The maximum absolute atomic E-state index is 13.7. The second-order valence-corrected chi connectivity index (χ2v) is 4.97. The molecule has 0 unspecified atom stereocenters. The second-order valence-electron chi connectivity index (χ2n) is 4.57. The van der Waals surface area contributed by atoms with Crippen molar-refractivity contribution < 1.29 is 9.18 Å². The van der Waals surface area contributed by atoms with Crippen LogP contribution in [0.4, 0.5) is 10.1 Å². The average molecular weight is 316 g/mol. The van der Waals surface area contributed by atoms with Gasteiger partial charge in [-0.3, -0.25) is 4.79 Å². The number of benzene rings is 2. The normalized spacial score (nSPS) is 10.5. The minimum Gasteiger partial charge on any atom is -0.322 e. The van der Waals surface area contributed by atoms with Gasteiger partial charge in [0.1, 0.15) is 5.82 Å². The van der Waals surface area contributed by atoms with Crippen LogP contribution in [-0.2, 0) is 0 Å². The molecule has 0 saturated carbocycles. The summed E-state index contributed by atoms with van der Waals surface area (Å²) >= 11 is 5.87. The molecule has 0 aliphatic carbocycles. The quantitative estimate of drug-likeness (QED) is 0.796. The van der Waals surface area contributed by atoms with Crippen LogP contribution in [0.5, 0.6) is 0 Å². The number of aromatic nitrogens is 2. The molecule has 0 radical (unpaired) electrons. The van der Waals surface area contributed by atoms with E-state index in [0.29, 0.717) is 5.69 Å². The Morgan fingerprint density at radius 1 is 1.18 bits per heavy atom. The number of nitrogens with zero attached hydrogens (tertiary/aromatic N) is 2. The summed E-state index contributed by atoms with van der Waals surface area (Å²) < 4.78 is 15.5. The predicted molar refractivity (Wildman–Crippen MR) is 82.9 cm³/mol. The van der Waals surface area contributed by atoms with Gasteiger partial charge in [-0.15, -0.1) is 0 Å². The average Bonchev–Trinajstić information content (AvgIpc) is 3.02. The van der Waals surface area contributed by atoms with Gasteiger partial charge in [-0.1, -0.05) is 17.7 Å². The highest BCUT2D eigenvalue weighted by Gasteiger charge is 2.15. The Balaban J connectivity index is 1.80. The van der Waals surface area contributed by atoms with E-state index < -0.39 is 11.7 Å². The molecule has 3 rings (SSSR count). The molecular formula is C16H11ClFN3O. The number of amides is 1. The van der Waals surface area contributed by atoms with E-state index in [2.05, 4.69) is 10.3 Å². The lowest BCUT2D eigenvalue weighted by Gasteiger charge is -2.09. The summed E-state index contributed by atoms with van der Waals surface area (Å²) in [7, 11) is 0. The number of halogens is 2. The van der Waals surface area contributed by atoms with Crippen LogP contribution in [0.1, 0.15) is 10.4 Å². The number of imidazole rings is 1. The fourth-order valence-electron chi connectivity index (χ4n) is 2.04. The third kappa shape index (κ3) is 2.84. The minimum atomic E-state index is -0.653. The largest absolute Gasteiger partial charge is 0.322 e. The van der Waals surface area contributed by atoms with Crippen molar-refractivity contribution in [3.05, 3.63) is 77.6 Å². The maximum atomic E-state index is 13.7. The molecule has 0 saturated heterocycles. The van der Waals surface area contributed by atoms with E-state index in [1.807, 2.05) is 22.9 Å². The van der Waals surface area contributed by atoms with E-state index in [0.717, 1.165) is 5.69 Å². The third-order valence-corrected chi connectivity index (χ3v) is 3.43. The molecular weight excluding hydrogens is 305 g/mol. The van der Waals surface area contributed by atoms with Crippen molar-refractivity contribution in [3.8, 4) is 5.69 Å². The van der Waals surface area contributed by atoms with Crippen LogP contribution >= 0.6 is 11.6 Å². The molecule has 2 aromatic carbocycles. The molecule has 3 aromatic rings.